The minimum atomic E-state index is -0.697. The van der Waals surface area contributed by atoms with E-state index in [1.54, 1.807) is 0 Å². The lowest BCUT2D eigenvalue weighted by atomic mass is 10.1. The molecule has 7 nitrogen and oxygen atoms in total. The van der Waals surface area contributed by atoms with E-state index in [0.717, 1.165) is 104 Å². The molecule has 0 aromatic rings. The first-order chi connectivity index (χ1) is 12.7. The van der Waals surface area contributed by atoms with Crippen LogP contribution in [0, 0.1) is 0 Å². The zero-order valence-corrected chi connectivity index (χ0v) is 16.3. The van der Waals surface area contributed by atoms with E-state index in [0.29, 0.717) is 0 Å². The average Bonchev–Trinajstić information content (AvgIpc) is 2.59. The van der Waals surface area contributed by atoms with Crippen LogP contribution in [0.15, 0.2) is 0 Å². The standard InChI is InChI=1S/C19H40N4O3/c24-18(7-5-3-1-2-4-6-8-19(25)26)17-23-15-13-21-11-9-20-10-12-22-14-16-23/h18,20-22,24H,1-17H2,(H,25,26). The molecular weight excluding hydrogens is 332 g/mol. The monoisotopic (exact) mass is 372 g/mol. The molecule has 0 amide bonds. The first-order valence-corrected chi connectivity index (χ1v) is 10.4. The Kier molecular flexibility index (Phi) is 14.7. The number of β-amino-alcohol motifs (C(OH)–C–C–N with tert-alkyl or cyclic N) is 1. The van der Waals surface area contributed by atoms with E-state index in [9.17, 15) is 9.90 Å². The van der Waals surface area contributed by atoms with Gasteiger partial charge in [-0.1, -0.05) is 32.1 Å². The van der Waals surface area contributed by atoms with Crippen LogP contribution in [0.4, 0.5) is 0 Å². The number of carboxylic acid groups (broad SMARTS) is 1. The molecule has 1 atom stereocenters. The Morgan fingerprint density at radius 1 is 0.808 bits per heavy atom. The second-order valence-electron chi connectivity index (χ2n) is 7.26. The smallest absolute Gasteiger partial charge is 0.303 e. The number of carbonyl (C=O) groups is 1. The number of nitrogens with one attached hydrogen (secondary N) is 3. The fourth-order valence-electron chi connectivity index (χ4n) is 3.25. The van der Waals surface area contributed by atoms with Gasteiger partial charge in [0.2, 0.25) is 0 Å². The largest absolute Gasteiger partial charge is 0.481 e. The molecule has 0 aliphatic carbocycles. The van der Waals surface area contributed by atoms with Crippen LogP contribution in [0.5, 0.6) is 0 Å². The van der Waals surface area contributed by atoms with E-state index in [-0.39, 0.29) is 12.5 Å². The maximum atomic E-state index is 10.4. The third-order valence-electron chi connectivity index (χ3n) is 4.81. The van der Waals surface area contributed by atoms with Gasteiger partial charge in [-0.3, -0.25) is 9.69 Å². The summed E-state index contributed by atoms with van der Waals surface area (Å²) in [6.45, 7) is 8.60. The predicted octanol–water partition coefficient (Wildman–Crippen LogP) is 0.637. The number of hydrogen-bond acceptors (Lipinski definition) is 6. The van der Waals surface area contributed by atoms with Gasteiger partial charge in [0, 0.05) is 65.3 Å². The quantitative estimate of drug-likeness (QED) is 0.340. The Labute approximate surface area is 158 Å². The molecule has 1 fully saturated rings. The summed E-state index contributed by atoms with van der Waals surface area (Å²) < 4.78 is 0. The molecular formula is C19H40N4O3. The zero-order chi connectivity index (χ0) is 18.9. The molecule has 1 rings (SSSR count). The zero-order valence-electron chi connectivity index (χ0n) is 16.3. The molecule has 1 unspecified atom stereocenters. The number of rotatable bonds is 11. The van der Waals surface area contributed by atoms with Gasteiger partial charge in [-0.05, 0) is 12.8 Å². The van der Waals surface area contributed by atoms with Crippen molar-refractivity contribution in [3.63, 3.8) is 0 Å². The number of carboxylic acids is 1. The Bertz CT molecular complexity index is 333. The van der Waals surface area contributed by atoms with Crippen molar-refractivity contribution >= 4 is 5.97 Å². The van der Waals surface area contributed by atoms with Crippen LogP contribution in [0.2, 0.25) is 0 Å². The van der Waals surface area contributed by atoms with Crippen molar-refractivity contribution in [1.82, 2.24) is 20.9 Å². The summed E-state index contributed by atoms with van der Waals surface area (Å²) in [5, 5.41) is 29.2. The van der Waals surface area contributed by atoms with Gasteiger partial charge in [-0.2, -0.15) is 0 Å². The maximum absolute atomic E-state index is 10.4. The third-order valence-corrected chi connectivity index (χ3v) is 4.81. The second kappa shape index (κ2) is 16.4. The third kappa shape index (κ3) is 14.4. The van der Waals surface area contributed by atoms with Crippen LogP contribution in [0.25, 0.3) is 0 Å². The van der Waals surface area contributed by atoms with Gasteiger partial charge >= 0.3 is 5.97 Å². The van der Waals surface area contributed by atoms with Gasteiger partial charge in [0.05, 0.1) is 6.10 Å². The Morgan fingerprint density at radius 3 is 1.88 bits per heavy atom. The lowest BCUT2D eigenvalue weighted by molar-refractivity contribution is -0.137. The summed E-state index contributed by atoms with van der Waals surface area (Å²) in [5.41, 5.74) is 0. The van der Waals surface area contributed by atoms with E-state index in [1.807, 2.05) is 0 Å². The molecule has 154 valence electrons. The molecule has 7 heteroatoms. The van der Waals surface area contributed by atoms with Crippen molar-refractivity contribution in [2.24, 2.45) is 0 Å². The summed E-state index contributed by atoms with van der Waals surface area (Å²) in [4.78, 5) is 12.8. The summed E-state index contributed by atoms with van der Waals surface area (Å²) in [6.07, 6.45) is 7.08. The molecule has 1 aliphatic heterocycles. The van der Waals surface area contributed by atoms with E-state index in [1.165, 1.54) is 0 Å². The van der Waals surface area contributed by atoms with Gasteiger partial charge < -0.3 is 26.2 Å². The SMILES string of the molecule is O=C(O)CCCCCCCCC(O)CN1CCNCCNCCNCC1. The van der Waals surface area contributed by atoms with Gasteiger partial charge in [0.1, 0.15) is 0 Å². The molecule has 0 spiro atoms. The van der Waals surface area contributed by atoms with E-state index in [4.69, 9.17) is 5.11 Å². The molecule has 1 saturated heterocycles. The molecule has 1 heterocycles. The van der Waals surface area contributed by atoms with E-state index >= 15 is 0 Å². The van der Waals surface area contributed by atoms with E-state index in [2.05, 4.69) is 20.9 Å². The molecule has 0 aromatic heterocycles. The lowest BCUT2D eigenvalue weighted by Crippen LogP contribution is -2.44. The summed E-state index contributed by atoms with van der Waals surface area (Å²) in [5.74, 6) is -0.697. The lowest BCUT2D eigenvalue weighted by Gasteiger charge is -2.26. The minimum absolute atomic E-state index is 0.253. The van der Waals surface area contributed by atoms with Crippen LogP contribution >= 0.6 is 0 Å². The van der Waals surface area contributed by atoms with Gasteiger partial charge in [0.25, 0.3) is 0 Å². The van der Waals surface area contributed by atoms with Crippen LogP contribution in [-0.4, -0.2) is 86.1 Å². The van der Waals surface area contributed by atoms with Crippen LogP contribution < -0.4 is 16.0 Å². The van der Waals surface area contributed by atoms with Crippen molar-refractivity contribution in [3.8, 4) is 0 Å². The Morgan fingerprint density at radius 2 is 1.31 bits per heavy atom. The molecule has 0 radical (unpaired) electrons. The highest BCUT2D eigenvalue weighted by Gasteiger charge is 2.11. The van der Waals surface area contributed by atoms with Crippen molar-refractivity contribution in [2.45, 2.75) is 57.5 Å². The summed E-state index contributed by atoms with van der Waals surface area (Å²) in [6, 6.07) is 0. The minimum Gasteiger partial charge on any atom is -0.481 e. The molecule has 0 saturated carbocycles. The molecule has 5 N–H and O–H groups in total. The highest BCUT2D eigenvalue weighted by Crippen LogP contribution is 2.10. The van der Waals surface area contributed by atoms with Crippen molar-refractivity contribution in [1.29, 1.82) is 0 Å². The second-order valence-corrected chi connectivity index (χ2v) is 7.26. The van der Waals surface area contributed by atoms with Gasteiger partial charge in [0.15, 0.2) is 0 Å². The van der Waals surface area contributed by atoms with Gasteiger partial charge in [-0.15, -0.1) is 0 Å². The van der Waals surface area contributed by atoms with Gasteiger partial charge in [-0.25, -0.2) is 0 Å². The first kappa shape index (κ1) is 23.3. The predicted molar refractivity (Wildman–Crippen MR) is 106 cm³/mol. The maximum Gasteiger partial charge on any atom is 0.303 e. The highest BCUT2D eigenvalue weighted by atomic mass is 16.4. The van der Waals surface area contributed by atoms with Crippen molar-refractivity contribution in [3.05, 3.63) is 0 Å². The van der Waals surface area contributed by atoms with Crippen LogP contribution in [0.3, 0.4) is 0 Å². The van der Waals surface area contributed by atoms with Crippen molar-refractivity contribution < 1.29 is 15.0 Å². The number of aliphatic hydroxyl groups excluding tert-OH is 1. The van der Waals surface area contributed by atoms with Crippen LogP contribution in [0.1, 0.15) is 51.4 Å². The topological polar surface area (TPSA) is 96.9 Å². The summed E-state index contributed by atoms with van der Waals surface area (Å²) >= 11 is 0. The Hall–Kier alpha value is -0.730. The molecule has 1 aliphatic rings. The molecule has 0 bridgehead atoms. The number of aliphatic hydroxyl groups is 1. The number of unbranched alkanes of at least 4 members (excludes halogenated alkanes) is 5. The van der Waals surface area contributed by atoms with E-state index < -0.39 is 5.97 Å². The molecule has 26 heavy (non-hydrogen) atoms. The normalized spacial score (nSPS) is 19.4. The van der Waals surface area contributed by atoms with Crippen molar-refractivity contribution in [2.75, 3.05) is 58.9 Å². The first-order valence-electron chi connectivity index (χ1n) is 10.4. The fourth-order valence-corrected chi connectivity index (χ4v) is 3.25. The molecule has 0 aromatic carbocycles. The average molecular weight is 373 g/mol. The number of nitrogens with zero attached hydrogens (tertiary/aromatic N) is 1. The fraction of sp³-hybridized carbons (Fsp3) is 0.947. The Balaban J connectivity index is 2.06. The highest BCUT2D eigenvalue weighted by molar-refractivity contribution is 5.66. The summed E-state index contributed by atoms with van der Waals surface area (Å²) in [7, 11) is 0. The van der Waals surface area contributed by atoms with Crippen LogP contribution in [-0.2, 0) is 4.79 Å². The number of hydrogen-bond donors (Lipinski definition) is 5. The number of aliphatic carboxylic acids is 1.